The van der Waals surface area contributed by atoms with Crippen molar-refractivity contribution in [1.82, 2.24) is 19.4 Å². The summed E-state index contributed by atoms with van der Waals surface area (Å²) in [7, 11) is 3.57. The van der Waals surface area contributed by atoms with E-state index in [9.17, 15) is 9.59 Å². The van der Waals surface area contributed by atoms with Crippen molar-refractivity contribution >= 4 is 55.4 Å². The normalized spacial score (nSPS) is 26.6. The van der Waals surface area contributed by atoms with Gasteiger partial charge in [0.15, 0.2) is 5.72 Å². The summed E-state index contributed by atoms with van der Waals surface area (Å²) in [5.41, 5.74) is 4.77. The molecule has 9 rings (SSSR count). The lowest BCUT2D eigenvalue weighted by atomic mass is 9.91. The molecule has 10 nitrogen and oxygen atoms in total. The molecule has 2 fully saturated rings. The molecule has 2 bridgehead atoms. The zero-order chi connectivity index (χ0) is 31.5. The third kappa shape index (κ3) is 3.61. The molecule has 2 saturated heterocycles. The number of nitrogens with zero attached hydrogens (tertiary/aromatic N) is 3. The number of carbonyl (C=O) groups excluding carboxylic acids is 2. The van der Waals surface area contributed by atoms with Crippen LogP contribution in [-0.4, -0.2) is 77.6 Å². The Bertz CT molecular complexity index is 2090. The Kier molecular flexibility index (Phi) is 6.16. The molecule has 0 saturated carbocycles. The highest BCUT2D eigenvalue weighted by molar-refractivity contribution is 6.31. The Morgan fingerprint density at radius 1 is 1.04 bits per heavy atom. The minimum absolute atomic E-state index is 0.00167. The molecule has 1 N–H and O–H groups in total. The molecule has 5 aromatic rings. The second-order valence-electron chi connectivity index (χ2n) is 13.3. The summed E-state index contributed by atoms with van der Waals surface area (Å²) in [6, 6.07) is 16.3. The van der Waals surface area contributed by atoms with Crippen LogP contribution < -0.4 is 5.32 Å². The maximum Gasteiger partial charge on any atom is 0.252 e. The van der Waals surface area contributed by atoms with Crippen LogP contribution >= 0.6 is 0 Å². The van der Waals surface area contributed by atoms with E-state index in [1.807, 2.05) is 43.1 Å². The first-order valence-electron chi connectivity index (χ1n) is 16.3. The molecule has 1 unspecified atom stereocenters. The van der Waals surface area contributed by atoms with Gasteiger partial charge in [-0.2, -0.15) is 0 Å². The maximum absolute atomic E-state index is 14.1. The standard InChI is InChI=1S/C36H38N4O6/c1-19(45-20-13-15-44-16-14-20)35(42)38(3)26-17-27-39-24-11-7-5-9-21(24)29-30-23(18-37-34(30)41)28-22-10-6-8-12-25(22)40(32(28)31(29)39)36(2,46-27)33(26)43-4/h5-12,19-20,26-27,33H,13-18H2,1-4H3,(H,37,41)/t19?,26-,27-,33-,36+/m0/s1. The number of rotatable bonds is 5. The van der Waals surface area contributed by atoms with E-state index in [-0.39, 0.29) is 24.0 Å². The number of likely N-dealkylation sites (N-methyl/N-ethyl adjacent to an activating group) is 1. The number of methoxy groups -OCH3 is 1. The van der Waals surface area contributed by atoms with Gasteiger partial charge in [-0.3, -0.25) is 9.59 Å². The molecule has 10 heteroatoms. The van der Waals surface area contributed by atoms with Crippen molar-refractivity contribution in [1.29, 1.82) is 0 Å². The fourth-order valence-electron chi connectivity index (χ4n) is 9.00. The molecule has 2 aromatic heterocycles. The van der Waals surface area contributed by atoms with Crippen LogP contribution in [0.3, 0.4) is 0 Å². The first kappa shape index (κ1) is 28.3. The molecule has 4 aliphatic heterocycles. The van der Waals surface area contributed by atoms with E-state index >= 15 is 0 Å². The average molecular weight is 623 g/mol. The number of fused-ring (bicyclic) bond motifs is 13. The first-order valence-corrected chi connectivity index (χ1v) is 16.3. The molecule has 0 radical (unpaired) electrons. The molecule has 6 heterocycles. The molecule has 3 aromatic carbocycles. The van der Waals surface area contributed by atoms with Crippen LogP contribution in [0.15, 0.2) is 48.5 Å². The minimum Gasteiger partial charge on any atom is -0.381 e. The van der Waals surface area contributed by atoms with Gasteiger partial charge in [-0.1, -0.05) is 36.4 Å². The van der Waals surface area contributed by atoms with Crippen LogP contribution in [0.4, 0.5) is 0 Å². The van der Waals surface area contributed by atoms with Crippen molar-refractivity contribution in [2.24, 2.45) is 0 Å². The van der Waals surface area contributed by atoms with Gasteiger partial charge in [-0.05, 0) is 44.4 Å². The number of ether oxygens (including phenoxy) is 4. The van der Waals surface area contributed by atoms with E-state index in [4.69, 9.17) is 18.9 Å². The third-order valence-electron chi connectivity index (χ3n) is 11.0. The number of hydrogen-bond donors (Lipinski definition) is 1. The van der Waals surface area contributed by atoms with Gasteiger partial charge in [0.2, 0.25) is 0 Å². The van der Waals surface area contributed by atoms with Crippen LogP contribution in [0.25, 0.3) is 43.6 Å². The summed E-state index contributed by atoms with van der Waals surface area (Å²) in [5, 5.41) is 7.22. The Morgan fingerprint density at radius 2 is 1.74 bits per heavy atom. The Balaban J connectivity index is 1.29. The molecule has 0 aliphatic carbocycles. The van der Waals surface area contributed by atoms with Crippen molar-refractivity contribution in [2.75, 3.05) is 27.4 Å². The molecule has 2 amide bonds. The van der Waals surface area contributed by atoms with E-state index < -0.39 is 24.2 Å². The summed E-state index contributed by atoms with van der Waals surface area (Å²) in [6.07, 6.45) is 0.519. The predicted molar refractivity (Wildman–Crippen MR) is 174 cm³/mol. The van der Waals surface area contributed by atoms with Gasteiger partial charge in [0.1, 0.15) is 18.4 Å². The lowest BCUT2D eigenvalue weighted by Gasteiger charge is -2.50. The Labute approximate surface area is 266 Å². The van der Waals surface area contributed by atoms with Crippen molar-refractivity contribution in [2.45, 2.75) is 76.0 Å². The van der Waals surface area contributed by atoms with Crippen LogP contribution in [0.1, 0.15) is 55.3 Å². The molecular weight excluding hydrogens is 584 g/mol. The molecule has 5 atom stereocenters. The molecule has 4 aliphatic rings. The van der Waals surface area contributed by atoms with Gasteiger partial charge in [0.25, 0.3) is 11.8 Å². The SMILES string of the molecule is CO[C@H]1[C@@H](N(C)C(=O)C(C)OC2CCOCC2)C[C@@H]2O[C@@]1(C)n1c3ccccc3c3c4c(c5c6ccccc6n2c5c31)C(=O)NC4. The monoisotopic (exact) mass is 622 g/mol. The smallest absolute Gasteiger partial charge is 0.252 e. The number of nitrogens with one attached hydrogen (secondary N) is 1. The summed E-state index contributed by atoms with van der Waals surface area (Å²) < 4.78 is 30.0. The summed E-state index contributed by atoms with van der Waals surface area (Å²) in [4.78, 5) is 29.5. The molecule has 238 valence electrons. The largest absolute Gasteiger partial charge is 0.381 e. The van der Waals surface area contributed by atoms with Crippen LogP contribution in [-0.2, 0) is 36.0 Å². The van der Waals surface area contributed by atoms with Gasteiger partial charge in [-0.15, -0.1) is 0 Å². The maximum atomic E-state index is 14.1. The van der Waals surface area contributed by atoms with Crippen LogP contribution in [0, 0.1) is 0 Å². The average Bonchev–Trinajstić information content (AvgIpc) is 3.72. The fourth-order valence-corrected chi connectivity index (χ4v) is 9.00. The number of para-hydroxylation sites is 2. The fraction of sp³-hybridized carbons (Fsp3) is 0.444. The van der Waals surface area contributed by atoms with E-state index in [0.29, 0.717) is 26.2 Å². The van der Waals surface area contributed by atoms with E-state index in [0.717, 1.165) is 67.6 Å². The Morgan fingerprint density at radius 3 is 2.48 bits per heavy atom. The predicted octanol–water partition coefficient (Wildman–Crippen LogP) is 5.18. The van der Waals surface area contributed by atoms with Crippen LogP contribution in [0.5, 0.6) is 0 Å². The van der Waals surface area contributed by atoms with Gasteiger partial charge < -0.3 is 38.3 Å². The van der Waals surface area contributed by atoms with E-state index in [1.54, 1.807) is 7.11 Å². The molecule has 46 heavy (non-hydrogen) atoms. The number of hydrogen-bond acceptors (Lipinski definition) is 6. The number of amides is 2. The lowest BCUT2D eigenvalue weighted by molar-refractivity contribution is -0.266. The number of benzene rings is 3. The topological polar surface area (TPSA) is 96.2 Å². The highest BCUT2D eigenvalue weighted by Gasteiger charge is 2.55. The van der Waals surface area contributed by atoms with Gasteiger partial charge in [-0.25, -0.2) is 0 Å². The van der Waals surface area contributed by atoms with Crippen molar-refractivity contribution in [3.8, 4) is 0 Å². The first-order chi connectivity index (χ1) is 22.3. The summed E-state index contributed by atoms with van der Waals surface area (Å²) >= 11 is 0. The molecule has 0 spiro atoms. The van der Waals surface area contributed by atoms with Crippen molar-refractivity contribution in [3.05, 3.63) is 59.7 Å². The van der Waals surface area contributed by atoms with Gasteiger partial charge >= 0.3 is 0 Å². The minimum atomic E-state index is -1.000. The zero-order valence-corrected chi connectivity index (χ0v) is 26.5. The molecular formula is C36H38N4O6. The number of aromatic nitrogens is 2. The van der Waals surface area contributed by atoms with Gasteiger partial charge in [0, 0.05) is 61.9 Å². The van der Waals surface area contributed by atoms with E-state index in [1.165, 1.54) is 0 Å². The van der Waals surface area contributed by atoms with Crippen LogP contribution in [0.2, 0.25) is 0 Å². The van der Waals surface area contributed by atoms with Crippen molar-refractivity contribution in [3.63, 3.8) is 0 Å². The lowest BCUT2D eigenvalue weighted by Crippen LogP contribution is -2.62. The van der Waals surface area contributed by atoms with E-state index in [2.05, 4.69) is 45.6 Å². The van der Waals surface area contributed by atoms with Crippen molar-refractivity contribution < 1.29 is 28.5 Å². The Hall–Kier alpha value is -3.96. The quantitative estimate of drug-likeness (QED) is 0.290. The highest BCUT2D eigenvalue weighted by atomic mass is 16.6. The third-order valence-corrected chi connectivity index (χ3v) is 11.0. The summed E-state index contributed by atoms with van der Waals surface area (Å²) in [6.45, 7) is 5.70. The summed E-state index contributed by atoms with van der Waals surface area (Å²) in [5.74, 6) is -0.133. The van der Waals surface area contributed by atoms with Gasteiger partial charge in [0.05, 0.1) is 39.8 Å². The highest BCUT2D eigenvalue weighted by Crippen LogP contribution is 2.54. The second kappa shape index (κ2) is 10.0. The zero-order valence-electron chi connectivity index (χ0n) is 26.5. The second-order valence-corrected chi connectivity index (χ2v) is 13.3. The number of carbonyl (C=O) groups is 2.